The van der Waals surface area contributed by atoms with Crippen LogP contribution in [-0.2, 0) is 4.79 Å². The van der Waals surface area contributed by atoms with E-state index in [-0.39, 0.29) is 11.9 Å². The fourth-order valence-electron chi connectivity index (χ4n) is 2.35. The molecule has 18 heavy (non-hydrogen) atoms. The number of nitrogens with two attached hydrogens (primary N) is 2. The van der Waals surface area contributed by atoms with Gasteiger partial charge in [0.25, 0.3) is 0 Å². The van der Waals surface area contributed by atoms with Gasteiger partial charge in [0.05, 0.1) is 0 Å². The van der Waals surface area contributed by atoms with Crippen molar-refractivity contribution in [2.45, 2.75) is 25.3 Å². The van der Waals surface area contributed by atoms with E-state index >= 15 is 0 Å². The first-order valence-corrected chi connectivity index (χ1v) is 6.46. The Labute approximate surface area is 112 Å². The Morgan fingerprint density at radius 2 is 1.89 bits per heavy atom. The van der Waals surface area contributed by atoms with Crippen molar-refractivity contribution in [3.63, 3.8) is 0 Å². The first-order valence-electron chi connectivity index (χ1n) is 6.05. The number of rotatable bonds is 3. The van der Waals surface area contributed by atoms with Crippen LogP contribution >= 0.6 is 12.2 Å². The van der Waals surface area contributed by atoms with Gasteiger partial charge in [0.2, 0.25) is 5.91 Å². The summed E-state index contributed by atoms with van der Waals surface area (Å²) in [6.45, 7) is 0.861. The van der Waals surface area contributed by atoms with Gasteiger partial charge in [-0.25, -0.2) is 0 Å². The molecule has 1 saturated heterocycles. The van der Waals surface area contributed by atoms with Crippen LogP contribution in [0.4, 0.5) is 5.69 Å². The number of primary amides is 1. The van der Waals surface area contributed by atoms with E-state index in [9.17, 15) is 4.79 Å². The molecule has 0 saturated carbocycles. The van der Waals surface area contributed by atoms with Crippen molar-refractivity contribution in [1.29, 1.82) is 0 Å². The highest BCUT2D eigenvalue weighted by Crippen LogP contribution is 2.24. The molecule has 1 fully saturated rings. The molecule has 5 heteroatoms. The number of carbonyl (C=O) groups is 1. The maximum absolute atomic E-state index is 11.5. The molecule has 1 heterocycles. The Hall–Kier alpha value is -1.62. The molecule has 1 aliphatic heterocycles. The van der Waals surface area contributed by atoms with Crippen molar-refractivity contribution in [2.24, 2.45) is 11.5 Å². The lowest BCUT2D eigenvalue weighted by Gasteiger charge is -2.35. The quantitative estimate of drug-likeness (QED) is 0.803. The zero-order chi connectivity index (χ0) is 13.1. The second-order valence-corrected chi connectivity index (χ2v) is 4.96. The highest BCUT2D eigenvalue weighted by molar-refractivity contribution is 7.80. The molecule has 0 spiro atoms. The molecule has 1 atom stereocenters. The van der Waals surface area contributed by atoms with Crippen molar-refractivity contribution in [3.05, 3.63) is 29.8 Å². The topological polar surface area (TPSA) is 72.4 Å². The first kappa shape index (κ1) is 12.8. The van der Waals surface area contributed by atoms with E-state index in [1.165, 1.54) is 0 Å². The molecule has 1 amide bonds. The van der Waals surface area contributed by atoms with Crippen molar-refractivity contribution in [2.75, 3.05) is 11.4 Å². The molecule has 1 aliphatic rings. The molecular weight excluding hydrogens is 246 g/mol. The van der Waals surface area contributed by atoms with Gasteiger partial charge in [-0.2, -0.15) is 0 Å². The molecule has 0 aliphatic carbocycles. The van der Waals surface area contributed by atoms with E-state index < -0.39 is 0 Å². The number of thiocarbonyl (C=S) groups is 1. The zero-order valence-corrected chi connectivity index (χ0v) is 11.0. The van der Waals surface area contributed by atoms with Crippen LogP contribution in [0.5, 0.6) is 0 Å². The lowest BCUT2D eigenvalue weighted by molar-refractivity contribution is -0.119. The molecule has 1 unspecified atom stereocenters. The minimum Gasteiger partial charge on any atom is -0.389 e. The molecule has 0 radical (unpaired) electrons. The highest BCUT2D eigenvalue weighted by Gasteiger charge is 2.26. The van der Waals surface area contributed by atoms with Crippen molar-refractivity contribution in [1.82, 2.24) is 0 Å². The Morgan fingerprint density at radius 3 is 2.44 bits per heavy atom. The van der Waals surface area contributed by atoms with Crippen LogP contribution in [0.1, 0.15) is 24.8 Å². The Kier molecular flexibility index (Phi) is 3.81. The van der Waals surface area contributed by atoms with Gasteiger partial charge >= 0.3 is 0 Å². The van der Waals surface area contributed by atoms with Gasteiger partial charge in [-0.3, -0.25) is 4.79 Å². The third kappa shape index (κ3) is 2.61. The third-order valence-electron chi connectivity index (χ3n) is 3.31. The van der Waals surface area contributed by atoms with Gasteiger partial charge in [-0.15, -0.1) is 0 Å². The van der Waals surface area contributed by atoms with Crippen LogP contribution in [0.15, 0.2) is 24.3 Å². The van der Waals surface area contributed by atoms with Crippen molar-refractivity contribution in [3.8, 4) is 0 Å². The van der Waals surface area contributed by atoms with Gasteiger partial charge in [0.1, 0.15) is 11.0 Å². The van der Waals surface area contributed by atoms with E-state index in [0.29, 0.717) is 4.99 Å². The Bertz CT molecular complexity index is 458. The average molecular weight is 263 g/mol. The maximum atomic E-state index is 11.5. The number of hydrogen-bond donors (Lipinski definition) is 2. The fraction of sp³-hybridized carbons (Fsp3) is 0.385. The molecule has 1 aromatic rings. The van der Waals surface area contributed by atoms with Crippen LogP contribution in [-0.4, -0.2) is 23.5 Å². The molecule has 0 aromatic heterocycles. The molecule has 96 valence electrons. The Balaban J connectivity index is 2.23. The van der Waals surface area contributed by atoms with Crippen LogP contribution < -0.4 is 16.4 Å². The summed E-state index contributed by atoms with van der Waals surface area (Å²) in [6, 6.07) is 7.44. The van der Waals surface area contributed by atoms with E-state index in [2.05, 4.69) is 4.90 Å². The van der Waals surface area contributed by atoms with E-state index in [1.54, 1.807) is 0 Å². The number of benzene rings is 1. The minimum atomic E-state index is -0.256. The van der Waals surface area contributed by atoms with E-state index in [4.69, 9.17) is 23.7 Å². The van der Waals surface area contributed by atoms with Gasteiger partial charge in [-0.05, 0) is 43.5 Å². The van der Waals surface area contributed by atoms with E-state index in [1.807, 2.05) is 24.3 Å². The van der Waals surface area contributed by atoms with Gasteiger partial charge < -0.3 is 16.4 Å². The normalized spacial score (nSPS) is 19.6. The number of nitrogens with zero attached hydrogens (tertiary/aromatic N) is 1. The predicted molar refractivity (Wildman–Crippen MR) is 76.5 cm³/mol. The summed E-state index contributed by atoms with van der Waals surface area (Å²) in [6.07, 6.45) is 2.96. The average Bonchev–Trinajstić information content (AvgIpc) is 2.39. The van der Waals surface area contributed by atoms with Gasteiger partial charge in [0, 0.05) is 17.8 Å². The third-order valence-corrected chi connectivity index (χ3v) is 3.55. The summed E-state index contributed by atoms with van der Waals surface area (Å²) in [5.74, 6) is -0.256. The SMILES string of the molecule is NC(=O)C1CCCCN1c1ccc(C(N)=S)cc1. The Morgan fingerprint density at radius 1 is 1.22 bits per heavy atom. The van der Waals surface area contributed by atoms with Crippen LogP contribution in [0.2, 0.25) is 0 Å². The standard InChI is InChI=1S/C13H17N3OS/c14-12(17)11-3-1-2-8-16(11)10-6-4-9(5-7-10)13(15)18/h4-7,11H,1-3,8H2,(H2,14,17)(H2,15,18). The van der Waals surface area contributed by atoms with E-state index in [0.717, 1.165) is 37.1 Å². The molecular formula is C13H17N3OS. The van der Waals surface area contributed by atoms with Crippen molar-refractivity contribution >= 4 is 28.8 Å². The minimum absolute atomic E-state index is 0.200. The smallest absolute Gasteiger partial charge is 0.240 e. The molecule has 1 aromatic carbocycles. The molecule has 0 bridgehead atoms. The highest BCUT2D eigenvalue weighted by atomic mass is 32.1. The number of piperidine rings is 1. The van der Waals surface area contributed by atoms with Gasteiger partial charge in [-0.1, -0.05) is 12.2 Å². The maximum Gasteiger partial charge on any atom is 0.240 e. The van der Waals surface area contributed by atoms with Crippen LogP contribution in [0, 0.1) is 0 Å². The second-order valence-electron chi connectivity index (χ2n) is 4.52. The summed E-state index contributed by atoms with van der Waals surface area (Å²) >= 11 is 4.92. The van der Waals surface area contributed by atoms with Crippen LogP contribution in [0.3, 0.4) is 0 Å². The lowest BCUT2D eigenvalue weighted by atomic mass is 10.0. The number of hydrogen-bond acceptors (Lipinski definition) is 3. The zero-order valence-electron chi connectivity index (χ0n) is 10.1. The summed E-state index contributed by atoms with van der Waals surface area (Å²) in [5.41, 5.74) is 12.8. The van der Waals surface area contributed by atoms with Gasteiger partial charge in [0.15, 0.2) is 0 Å². The number of amides is 1. The summed E-state index contributed by atoms with van der Waals surface area (Å²) in [7, 11) is 0. The second kappa shape index (κ2) is 5.35. The monoisotopic (exact) mass is 263 g/mol. The number of anilines is 1. The molecule has 4 N–H and O–H groups in total. The number of carbonyl (C=O) groups excluding carboxylic acids is 1. The summed E-state index contributed by atoms with van der Waals surface area (Å²) in [4.78, 5) is 13.9. The van der Waals surface area contributed by atoms with Crippen LogP contribution in [0.25, 0.3) is 0 Å². The molecule has 4 nitrogen and oxygen atoms in total. The molecule has 2 rings (SSSR count). The summed E-state index contributed by atoms with van der Waals surface area (Å²) < 4.78 is 0. The summed E-state index contributed by atoms with van der Waals surface area (Å²) in [5, 5.41) is 0. The predicted octanol–water partition coefficient (Wildman–Crippen LogP) is 1.16. The van der Waals surface area contributed by atoms with Crippen molar-refractivity contribution < 1.29 is 4.79 Å². The largest absolute Gasteiger partial charge is 0.389 e. The lowest BCUT2D eigenvalue weighted by Crippen LogP contribution is -2.47. The first-order chi connectivity index (χ1) is 8.59. The fourth-order valence-corrected chi connectivity index (χ4v) is 2.49.